The summed E-state index contributed by atoms with van der Waals surface area (Å²) in [6.07, 6.45) is 0. The van der Waals surface area contributed by atoms with Crippen LogP contribution in [0.15, 0.2) is 66.7 Å². The topological polar surface area (TPSA) is 34.1 Å². The van der Waals surface area contributed by atoms with Crippen LogP contribution in [0, 0.1) is 17.7 Å². The van der Waals surface area contributed by atoms with E-state index in [9.17, 15) is 18.4 Å². The van der Waals surface area contributed by atoms with Gasteiger partial charge in [0.25, 0.3) is 0 Å². The van der Waals surface area contributed by atoms with Gasteiger partial charge in [0.2, 0.25) is 0 Å². The van der Waals surface area contributed by atoms with Gasteiger partial charge >= 0.3 is 0 Å². The molecule has 0 saturated carbocycles. The molecule has 4 heteroatoms. The van der Waals surface area contributed by atoms with Gasteiger partial charge in [-0.3, -0.25) is 9.59 Å². The molecule has 3 rings (SSSR count). The predicted octanol–water partition coefficient (Wildman–Crippen LogP) is 4.23. The summed E-state index contributed by atoms with van der Waals surface area (Å²) in [4.78, 5) is 24.8. The lowest BCUT2D eigenvalue weighted by Crippen LogP contribution is -2.06. The summed E-state index contributed by atoms with van der Waals surface area (Å²) in [6, 6.07) is 17.5. The van der Waals surface area contributed by atoms with Crippen LogP contribution < -0.4 is 0 Å². The maximum Gasteiger partial charge on any atom is 0.193 e. The van der Waals surface area contributed by atoms with Crippen molar-refractivity contribution in [2.45, 2.75) is 0 Å². The molecule has 0 heterocycles. The summed E-state index contributed by atoms with van der Waals surface area (Å²) in [7, 11) is 0. The minimum atomic E-state index is -0.432. The molecule has 1 radical (unpaired) electrons. The van der Waals surface area contributed by atoms with Crippen molar-refractivity contribution in [3.05, 3.63) is 107 Å². The van der Waals surface area contributed by atoms with E-state index in [1.165, 1.54) is 66.7 Å². The van der Waals surface area contributed by atoms with Crippen LogP contribution >= 0.6 is 0 Å². The minimum absolute atomic E-state index is 0.273. The zero-order chi connectivity index (χ0) is 17.1. The summed E-state index contributed by atoms with van der Waals surface area (Å²) in [5.41, 5.74) is 1.18. The molecule has 2 nitrogen and oxygen atoms in total. The maximum atomic E-state index is 12.9. The van der Waals surface area contributed by atoms with Gasteiger partial charge in [-0.25, -0.2) is 8.78 Å². The van der Waals surface area contributed by atoms with E-state index in [0.717, 1.165) is 0 Å². The summed E-state index contributed by atoms with van der Waals surface area (Å²) in [6.45, 7) is 0. The molecule has 0 aliphatic heterocycles. The van der Waals surface area contributed by atoms with Gasteiger partial charge in [0.1, 0.15) is 11.6 Å². The fourth-order valence-electron chi connectivity index (χ4n) is 2.27. The first-order valence-electron chi connectivity index (χ1n) is 7.16. The number of carbonyl (C=O) groups is 2. The van der Waals surface area contributed by atoms with E-state index in [2.05, 4.69) is 6.07 Å². The standard InChI is InChI=1S/C20H11F2O2/c21-17-8-4-13(5-9-17)19(23)15-2-1-3-16(12-15)20(24)14-6-10-18(22)11-7-14/h2-12H. The highest BCUT2D eigenvalue weighted by molar-refractivity contribution is 6.13. The molecule has 0 aliphatic rings. The first-order valence-corrected chi connectivity index (χ1v) is 7.16. The molecule has 0 unspecified atom stereocenters. The second-order valence-corrected chi connectivity index (χ2v) is 5.18. The number of halogens is 2. The molecule has 0 aromatic heterocycles. The Hall–Kier alpha value is -3.14. The van der Waals surface area contributed by atoms with Crippen LogP contribution in [-0.2, 0) is 0 Å². The zero-order valence-electron chi connectivity index (χ0n) is 12.4. The Morgan fingerprint density at radius 3 is 1.38 bits per heavy atom. The van der Waals surface area contributed by atoms with Gasteiger partial charge in [-0.05, 0) is 72.8 Å². The van der Waals surface area contributed by atoms with E-state index in [-0.39, 0.29) is 22.7 Å². The molecule has 24 heavy (non-hydrogen) atoms. The maximum absolute atomic E-state index is 12.9. The van der Waals surface area contributed by atoms with Crippen molar-refractivity contribution in [3.8, 4) is 0 Å². The monoisotopic (exact) mass is 321 g/mol. The van der Waals surface area contributed by atoms with E-state index < -0.39 is 11.6 Å². The summed E-state index contributed by atoms with van der Waals surface area (Å²) >= 11 is 0. The number of benzene rings is 3. The first kappa shape index (κ1) is 15.7. The molecule has 0 spiro atoms. The molecular weight excluding hydrogens is 310 g/mol. The Balaban J connectivity index is 1.91. The van der Waals surface area contributed by atoms with Crippen LogP contribution in [0.2, 0.25) is 0 Å². The van der Waals surface area contributed by atoms with E-state index in [4.69, 9.17) is 0 Å². The Labute approximate surface area is 137 Å². The number of ketones is 2. The van der Waals surface area contributed by atoms with Gasteiger partial charge in [0.15, 0.2) is 11.6 Å². The Kier molecular flexibility index (Phi) is 4.29. The molecule has 0 N–H and O–H groups in total. The van der Waals surface area contributed by atoms with Gasteiger partial charge < -0.3 is 0 Å². The van der Waals surface area contributed by atoms with Crippen LogP contribution in [-0.4, -0.2) is 11.6 Å². The Morgan fingerprint density at radius 2 is 1.00 bits per heavy atom. The largest absolute Gasteiger partial charge is 0.289 e. The number of rotatable bonds is 4. The van der Waals surface area contributed by atoms with Gasteiger partial charge in [-0.15, -0.1) is 0 Å². The van der Waals surface area contributed by atoms with Crippen molar-refractivity contribution in [3.63, 3.8) is 0 Å². The number of hydrogen-bond acceptors (Lipinski definition) is 2. The lowest BCUT2D eigenvalue weighted by Gasteiger charge is -2.05. The van der Waals surface area contributed by atoms with Crippen molar-refractivity contribution in [1.82, 2.24) is 0 Å². The quantitative estimate of drug-likeness (QED) is 0.674. The van der Waals surface area contributed by atoms with Crippen LogP contribution in [0.1, 0.15) is 31.8 Å². The van der Waals surface area contributed by atoms with Gasteiger partial charge in [0, 0.05) is 22.3 Å². The SMILES string of the molecule is O=C(c1ccc(F)cc1)c1c[c]cc(C(=O)c2ccc(F)cc2)c1. The Morgan fingerprint density at radius 1 is 0.625 bits per heavy atom. The van der Waals surface area contributed by atoms with Gasteiger partial charge in [0.05, 0.1) is 0 Å². The average Bonchev–Trinajstić information content (AvgIpc) is 2.62. The normalized spacial score (nSPS) is 10.4. The summed E-state index contributed by atoms with van der Waals surface area (Å²) in [5.74, 6) is -1.53. The van der Waals surface area contributed by atoms with Gasteiger partial charge in [-0.1, -0.05) is 0 Å². The lowest BCUT2D eigenvalue weighted by atomic mass is 9.97. The minimum Gasteiger partial charge on any atom is -0.289 e. The molecule has 0 aliphatic carbocycles. The smallest absolute Gasteiger partial charge is 0.193 e. The van der Waals surface area contributed by atoms with Gasteiger partial charge in [-0.2, -0.15) is 0 Å². The molecule has 3 aromatic carbocycles. The Bertz CT molecular complexity index is 825. The van der Waals surface area contributed by atoms with Crippen LogP contribution in [0.5, 0.6) is 0 Å². The molecule has 0 amide bonds. The van der Waals surface area contributed by atoms with Crippen molar-refractivity contribution in [2.75, 3.05) is 0 Å². The number of carbonyl (C=O) groups excluding carboxylic acids is 2. The van der Waals surface area contributed by atoms with Crippen LogP contribution in [0.25, 0.3) is 0 Å². The molecule has 0 fully saturated rings. The second-order valence-electron chi connectivity index (χ2n) is 5.18. The van der Waals surface area contributed by atoms with Crippen LogP contribution in [0.4, 0.5) is 8.78 Å². The summed E-state index contributed by atoms with van der Waals surface area (Å²) in [5, 5.41) is 0. The third kappa shape index (κ3) is 3.27. The summed E-state index contributed by atoms with van der Waals surface area (Å²) < 4.78 is 25.9. The second kappa shape index (κ2) is 6.54. The first-order chi connectivity index (χ1) is 11.5. The van der Waals surface area contributed by atoms with E-state index in [1.54, 1.807) is 0 Å². The lowest BCUT2D eigenvalue weighted by molar-refractivity contribution is 0.103. The molecule has 0 saturated heterocycles. The predicted molar refractivity (Wildman–Crippen MR) is 84.9 cm³/mol. The molecular formula is C20H11F2O2. The van der Waals surface area contributed by atoms with E-state index >= 15 is 0 Å². The number of hydrogen-bond donors (Lipinski definition) is 0. The van der Waals surface area contributed by atoms with Crippen molar-refractivity contribution < 1.29 is 18.4 Å². The zero-order valence-corrected chi connectivity index (χ0v) is 12.4. The average molecular weight is 321 g/mol. The molecule has 117 valence electrons. The highest BCUT2D eigenvalue weighted by Crippen LogP contribution is 2.15. The third-order valence-electron chi connectivity index (χ3n) is 3.53. The highest BCUT2D eigenvalue weighted by Gasteiger charge is 2.14. The van der Waals surface area contributed by atoms with Crippen LogP contribution in [0.3, 0.4) is 0 Å². The van der Waals surface area contributed by atoms with E-state index in [0.29, 0.717) is 11.1 Å². The molecule has 3 aromatic rings. The van der Waals surface area contributed by atoms with Crippen molar-refractivity contribution in [1.29, 1.82) is 0 Å². The third-order valence-corrected chi connectivity index (χ3v) is 3.53. The van der Waals surface area contributed by atoms with Crippen molar-refractivity contribution in [2.24, 2.45) is 0 Å². The van der Waals surface area contributed by atoms with E-state index in [1.807, 2.05) is 0 Å². The highest BCUT2D eigenvalue weighted by atomic mass is 19.1. The molecule has 0 bridgehead atoms. The fraction of sp³-hybridized carbons (Fsp3) is 0. The fourth-order valence-corrected chi connectivity index (χ4v) is 2.27. The van der Waals surface area contributed by atoms with Crippen molar-refractivity contribution >= 4 is 11.6 Å². The molecule has 0 atom stereocenters.